The molecule has 7 heteroatoms. The largest absolute Gasteiger partial charge is 0.480 e. The molecule has 20 heavy (non-hydrogen) atoms. The molecule has 1 aliphatic rings. The number of carboxylic acid groups (broad SMARTS) is 1. The summed E-state index contributed by atoms with van der Waals surface area (Å²) < 4.78 is 0.700. The van der Waals surface area contributed by atoms with E-state index < -0.39 is 12.0 Å². The van der Waals surface area contributed by atoms with Gasteiger partial charge in [-0.3, -0.25) is 14.5 Å². The zero-order valence-corrected chi connectivity index (χ0v) is 12.8. The molecule has 2 heterocycles. The van der Waals surface area contributed by atoms with Crippen molar-refractivity contribution >= 4 is 34.8 Å². The minimum Gasteiger partial charge on any atom is -0.480 e. The quantitative estimate of drug-likeness (QED) is 0.901. The zero-order valence-electron chi connectivity index (χ0n) is 11.2. The molecule has 1 N–H and O–H groups in total. The van der Waals surface area contributed by atoms with E-state index in [1.165, 1.54) is 11.3 Å². The van der Waals surface area contributed by atoms with E-state index in [0.29, 0.717) is 23.8 Å². The van der Waals surface area contributed by atoms with Crippen LogP contribution in [0, 0.1) is 0 Å². The van der Waals surface area contributed by atoms with Crippen LogP contribution < -0.4 is 0 Å². The van der Waals surface area contributed by atoms with Gasteiger partial charge in [0.2, 0.25) is 5.91 Å². The highest BCUT2D eigenvalue weighted by Gasteiger charge is 2.32. The predicted molar refractivity (Wildman–Crippen MR) is 78.0 cm³/mol. The van der Waals surface area contributed by atoms with Gasteiger partial charge < -0.3 is 10.0 Å². The van der Waals surface area contributed by atoms with Gasteiger partial charge in [-0.25, -0.2) is 0 Å². The van der Waals surface area contributed by atoms with Crippen LogP contribution >= 0.6 is 22.9 Å². The molecule has 0 unspecified atom stereocenters. The molecule has 2 rings (SSSR count). The van der Waals surface area contributed by atoms with Gasteiger partial charge in [0.1, 0.15) is 6.04 Å². The lowest BCUT2D eigenvalue weighted by atomic mass is 10.2. The fraction of sp³-hybridized carbons (Fsp3) is 0.538. The van der Waals surface area contributed by atoms with Gasteiger partial charge in [-0.1, -0.05) is 11.6 Å². The number of nitrogens with zero attached hydrogens (tertiary/aromatic N) is 2. The van der Waals surface area contributed by atoms with E-state index in [4.69, 9.17) is 16.7 Å². The normalized spacial score (nSPS) is 19.2. The van der Waals surface area contributed by atoms with Gasteiger partial charge in [-0.05, 0) is 31.5 Å². The van der Waals surface area contributed by atoms with Crippen molar-refractivity contribution < 1.29 is 14.7 Å². The van der Waals surface area contributed by atoms with E-state index in [0.717, 1.165) is 11.3 Å². The van der Waals surface area contributed by atoms with Crippen molar-refractivity contribution in [1.29, 1.82) is 0 Å². The van der Waals surface area contributed by atoms with Crippen LogP contribution in [0.5, 0.6) is 0 Å². The number of carbonyl (C=O) groups excluding carboxylic acids is 1. The number of hydrogen-bond donors (Lipinski definition) is 1. The Kier molecular flexibility index (Phi) is 5.01. The van der Waals surface area contributed by atoms with Crippen LogP contribution in [-0.2, 0) is 16.1 Å². The van der Waals surface area contributed by atoms with Crippen molar-refractivity contribution in [1.82, 2.24) is 9.80 Å². The van der Waals surface area contributed by atoms with E-state index in [-0.39, 0.29) is 12.5 Å². The maximum Gasteiger partial charge on any atom is 0.320 e. The lowest BCUT2D eigenvalue weighted by molar-refractivity contribution is -0.143. The van der Waals surface area contributed by atoms with E-state index in [1.54, 1.807) is 22.9 Å². The summed E-state index contributed by atoms with van der Waals surface area (Å²) >= 11 is 7.30. The Morgan fingerprint density at radius 1 is 1.55 bits per heavy atom. The Bertz CT molecular complexity index is 506. The summed E-state index contributed by atoms with van der Waals surface area (Å²) in [5, 5.41) is 9.09. The number of amides is 1. The minimum absolute atomic E-state index is 0.0670. The molecular formula is C13H17ClN2O3S. The lowest BCUT2D eigenvalue weighted by Gasteiger charge is -2.24. The van der Waals surface area contributed by atoms with Gasteiger partial charge >= 0.3 is 5.97 Å². The molecule has 1 amide bonds. The molecule has 110 valence electrons. The summed E-state index contributed by atoms with van der Waals surface area (Å²) in [6, 6.07) is 3.18. The zero-order chi connectivity index (χ0) is 14.7. The molecule has 0 spiro atoms. The molecule has 1 fully saturated rings. The van der Waals surface area contributed by atoms with E-state index in [1.807, 2.05) is 6.07 Å². The summed E-state index contributed by atoms with van der Waals surface area (Å²) in [7, 11) is 1.72. The van der Waals surface area contributed by atoms with Crippen molar-refractivity contribution in [3.8, 4) is 0 Å². The first-order chi connectivity index (χ1) is 9.47. The smallest absolute Gasteiger partial charge is 0.320 e. The van der Waals surface area contributed by atoms with Crippen LogP contribution in [0.3, 0.4) is 0 Å². The summed E-state index contributed by atoms with van der Waals surface area (Å²) in [6.07, 6.45) is 1.45. The monoisotopic (exact) mass is 316 g/mol. The molecule has 1 aromatic heterocycles. The Morgan fingerprint density at radius 2 is 2.30 bits per heavy atom. The standard InChI is InChI=1S/C13H17ClN2O3S/c1-15(7-9-4-5-11(14)20-9)12(17)8-16-6-2-3-10(16)13(18)19/h4-5,10H,2-3,6-8H2,1H3,(H,18,19)/t10-/m0/s1. The third-order valence-electron chi connectivity index (χ3n) is 3.43. The SMILES string of the molecule is CN(Cc1ccc(Cl)s1)C(=O)CN1CCC[C@H]1C(=O)O. The maximum atomic E-state index is 12.1. The average molecular weight is 317 g/mol. The number of rotatable bonds is 5. The maximum absolute atomic E-state index is 12.1. The first kappa shape index (κ1) is 15.3. The predicted octanol–water partition coefficient (Wildman–Crippen LogP) is 1.91. The van der Waals surface area contributed by atoms with E-state index >= 15 is 0 Å². The highest BCUT2D eigenvalue weighted by Crippen LogP contribution is 2.23. The van der Waals surface area contributed by atoms with Crippen molar-refractivity contribution in [2.45, 2.75) is 25.4 Å². The molecule has 1 aliphatic heterocycles. The van der Waals surface area contributed by atoms with Crippen LogP contribution in [0.25, 0.3) is 0 Å². The van der Waals surface area contributed by atoms with Crippen molar-refractivity contribution in [3.63, 3.8) is 0 Å². The minimum atomic E-state index is -0.844. The third-order valence-corrected chi connectivity index (χ3v) is 4.65. The third kappa shape index (κ3) is 3.71. The molecule has 1 atom stereocenters. The summed E-state index contributed by atoms with van der Waals surface area (Å²) in [5.74, 6) is -0.911. The summed E-state index contributed by atoms with van der Waals surface area (Å²) in [4.78, 5) is 27.6. The van der Waals surface area contributed by atoms with Gasteiger partial charge in [0.05, 0.1) is 17.4 Å². The second-order valence-electron chi connectivity index (χ2n) is 4.92. The molecule has 0 bridgehead atoms. The molecule has 0 aromatic carbocycles. The fourth-order valence-corrected chi connectivity index (χ4v) is 3.49. The lowest BCUT2D eigenvalue weighted by Crippen LogP contribution is -2.43. The molecule has 1 saturated heterocycles. The first-order valence-corrected chi connectivity index (χ1v) is 7.62. The highest BCUT2D eigenvalue weighted by molar-refractivity contribution is 7.16. The highest BCUT2D eigenvalue weighted by atomic mass is 35.5. The number of likely N-dealkylation sites (N-methyl/N-ethyl adjacent to an activating group) is 1. The number of carbonyl (C=O) groups is 2. The fourth-order valence-electron chi connectivity index (χ4n) is 2.35. The van der Waals surface area contributed by atoms with Crippen LogP contribution in [0.1, 0.15) is 17.7 Å². The van der Waals surface area contributed by atoms with Gasteiger partial charge in [-0.15, -0.1) is 11.3 Å². The Hall–Kier alpha value is -1.11. The number of carboxylic acids is 1. The second kappa shape index (κ2) is 6.56. The van der Waals surface area contributed by atoms with Crippen molar-refractivity contribution in [3.05, 3.63) is 21.3 Å². The topological polar surface area (TPSA) is 60.9 Å². The Morgan fingerprint density at radius 3 is 2.90 bits per heavy atom. The van der Waals surface area contributed by atoms with E-state index in [2.05, 4.69) is 0 Å². The number of likely N-dealkylation sites (tertiary alicyclic amines) is 1. The molecule has 5 nitrogen and oxygen atoms in total. The molecule has 0 radical (unpaired) electrons. The molecule has 0 saturated carbocycles. The van der Waals surface area contributed by atoms with Crippen LogP contribution in [0.15, 0.2) is 12.1 Å². The van der Waals surface area contributed by atoms with E-state index in [9.17, 15) is 9.59 Å². The molecule has 1 aromatic rings. The molecular weight excluding hydrogens is 300 g/mol. The van der Waals surface area contributed by atoms with Crippen LogP contribution in [0.4, 0.5) is 0 Å². The number of aliphatic carboxylic acids is 1. The van der Waals surface area contributed by atoms with Crippen LogP contribution in [-0.4, -0.2) is 53.0 Å². The Balaban J connectivity index is 1.89. The van der Waals surface area contributed by atoms with Crippen molar-refractivity contribution in [2.24, 2.45) is 0 Å². The Labute approximate surface area is 126 Å². The van der Waals surface area contributed by atoms with Gasteiger partial charge in [0.25, 0.3) is 0 Å². The average Bonchev–Trinajstić information content (AvgIpc) is 2.98. The van der Waals surface area contributed by atoms with Crippen molar-refractivity contribution in [2.75, 3.05) is 20.1 Å². The number of halogens is 1. The summed E-state index contributed by atoms with van der Waals surface area (Å²) in [6.45, 7) is 1.33. The first-order valence-electron chi connectivity index (χ1n) is 6.42. The van der Waals surface area contributed by atoms with Gasteiger partial charge in [-0.2, -0.15) is 0 Å². The second-order valence-corrected chi connectivity index (χ2v) is 6.72. The van der Waals surface area contributed by atoms with Crippen LogP contribution in [0.2, 0.25) is 4.34 Å². The summed E-state index contributed by atoms with van der Waals surface area (Å²) in [5.41, 5.74) is 0. The van der Waals surface area contributed by atoms with Gasteiger partial charge in [0.15, 0.2) is 0 Å². The van der Waals surface area contributed by atoms with Gasteiger partial charge in [0, 0.05) is 11.9 Å². The number of thiophene rings is 1. The molecule has 0 aliphatic carbocycles. The number of hydrogen-bond acceptors (Lipinski definition) is 4.